The minimum Gasteiger partial charge on any atom is -0.506 e. The summed E-state index contributed by atoms with van der Waals surface area (Å²) in [4.78, 5) is 28.3. The lowest BCUT2D eigenvalue weighted by atomic mass is 10.2. The molecule has 0 fully saturated rings. The van der Waals surface area contributed by atoms with Gasteiger partial charge in [-0.2, -0.15) is 0 Å². The highest BCUT2D eigenvalue weighted by Gasteiger charge is 2.33. The maximum atomic E-state index is 12.2. The van der Waals surface area contributed by atoms with Crippen LogP contribution in [0.2, 0.25) is 0 Å². The normalized spacial score (nSPS) is 17.6. The van der Waals surface area contributed by atoms with Crippen molar-refractivity contribution in [3.63, 3.8) is 0 Å². The van der Waals surface area contributed by atoms with E-state index in [0.29, 0.717) is 4.91 Å². The molecular weight excluding hydrogens is 340 g/mol. The number of thioether (sulfide) groups is 1. The average molecular weight is 362 g/mol. The van der Waals surface area contributed by atoms with E-state index in [1.54, 1.807) is 19.9 Å². The highest BCUT2D eigenvalue weighted by atomic mass is 32.2. The van der Waals surface area contributed by atoms with Crippen molar-refractivity contribution in [2.75, 3.05) is 6.61 Å². The first-order chi connectivity index (χ1) is 11.8. The summed E-state index contributed by atoms with van der Waals surface area (Å²) in [6.45, 7) is 7.50. The van der Waals surface area contributed by atoms with E-state index in [2.05, 4.69) is 4.99 Å². The van der Waals surface area contributed by atoms with Gasteiger partial charge in [-0.15, -0.1) is 0 Å². The van der Waals surface area contributed by atoms with E-state index in [4.69, 9.17) is 4.74 Å². The fourth-order valence-corrected chi connectivity index (χ4v) is 3.38. The number of carbonyl (C=O) groups is 2. The molecule has 1 amide bonds. The summed E-state index contributed by atoms with van der Waals surface area (Å²) in [6, 6.07) is 1.99. The minimum atomic E-state index is -0.681. The molecule has 25 heavy (non-hydrogen) atoms. The fraction of sp³-hybridized carbons (Fsp3) is 0.389. The first kappa shape index (κ1) is 19.1. The third-order valence-electron chi connectivity index (χ3n) is 4.00. The average Bonchev–Trinajstić information content (AvgIpc) is 2.99. The number of nitrogens with zero attached hydrogens (tertiary/aromatic N) is 2. The lowest BCUT2D eigenvalue weighted by molar-refractivity contribution is -0.138. The minimum absolute atomic E-state index is 0.0507. The number of carbonyl (C=O) groups excluding carboxylic acids is 2. The molecule has 1 aromatic rings. The molecule has 0 bridgehead atoms. The van der Waals surface area contributed by atoms with Gasteiger partial charge in [0.1, 0.15) is 16.4 Å². The van der Waals surface area contributed by atoms with Crippen molar-refractivity contribution >= 4 is 34.8 Å². The summed E-state index contributed by atoms with van der Waals surface area (Å²) < 4.78 is 7.03. The van der Waals surface area contributed by atoms with Gasteiger partial charge in [-0.3, -0.25) is 4.79 Å². The predicted molar refractivity (Wildman–Crippen MR) is 99.5 cm³/mol. The molecule has 134 valence electrons. The molecule has 0 spiro atoms. The van der Waals surface area contributed by atoms with Crippen LogP contribution in [0.1, 0.15) is 37.2 Å². The van der Waals surface area contributed by atoms with Crippen LogP contribution in [0.4, 0.5) is 0 Å². The van der Waals surface area contributed by atoms with Crippen molar-refractivity contribution in [3.8, 4) is 0 Å². The molecular formula is C18H22N2O4S. The van der Waals surface area contributed by atoms with Gasteiger partial charge in [-0.05, 0) is 38.5 Å². The van der Waals surface area contributed by atoms with Gasteiger partial charge in [0, 0.05) is 24.9 Å². The van der Waals surface area contributed by atoms with Gasteiger partial charge in [-0.25, -0.2) is 9.79 Å². The molecule has 0 radical (unpaired) electrons. The maximum absolute atomic E-state index is 12.2. The van der Waals surface area contributed by atoms with E-state index < -0.39 is 5.97 Å². The van der Waals surface area contributed by atoms with Gasteiger partial charge >= 0.3 is 5.97 Å². The first-order valence-electron chi connectivity index (χ1n) is 8.05. The van der Waals surface area contributed by atoms with Crippen LogP contribution in [-0.4, -0.2) is 33.2 Å². The number of hydrogen-bond acceptors (Lipinski definition) is 5. The van der Waals surface area contributed by atoms with Crippen LogP contribution in [-0.2, 0) is 21.4 Å². The molecule has 0 aromatic carbocycles. The molecule has 0 unspecified atom stereocenters. The Morgan fingerprint density at radius 1 is 1.36 bits per heavy atom. The molecule has 1 aliphatic heterocycles. The van der Waals surface area contributed by atoms with Crippen LogP contribution in [0.25, 0.3) is 6.08 Å². The predicted octanol–water partition coefficient (Wildman–Crippen LogP) is 3.44. The number of amides is 1. The summed E-state index contributed by atoms with van der Waals surface area (Å²) in [6.07, 6.45) is 2.01. The van der Waals surface area contributed by atoms with Gasteiger partial charge in [-0.1, -0.05) is 18.7 Å². The van der Waals surface area contributed by atoms with Gasteiger partial charge in [0.05, 0.1) is 11.5 Å². The SMILES string of the molecule is CCOC(=O)C1=C(O)/C(=C/c2cc(C)n(C)c2C)SC1=NC(=O)CC. The van der Waals surface area contributed by atoms with Gasteiger partial charge in [0.15, 0.2) is 0 Å². The van der Waals surface area contributed by atoms with Crippen LogP contribution < -0.4 is 0 Å². The molecule has 0 aliphatic carbocycles. The van der Waals surface area contributed by atoms with E-state index in [1.165, 1.54) is 0 Å². The van der Waals surface area contributed by atoms with Crippen molar-refractivity contribution < 1.29 is 19.4 Å². The highest BCUT2D eigenvalue weighted by molar-refractivity contribution is 8.18. The zero-order valence-electron chi connectivity index (χ0n) is 15.0. The van der Waals surface area contributed by atoms with E-state index in [0.717, 1.165) is 28.7 Å². The van der Waals surface area contributed by atoms with Crippen molar-refractivity contribution in [1.82, 2.24) is 4.57 Å². The second kappa shape index (κ2) is 7.74. The standard InChI is InChI=1S/C18H22N2O4S/c1-6-14(21)19-17-15(18(23)24-7-2)16(22)13(25-17)9-12-8-10(3)20(5)11(12)4/h8-9,22H,6-7H2,1-5H3/b13-9-,19-17?. The zero-order chi connectivity index (χ0) is 18.7. The summed E-state index contributed by atoms with van der Waals surface area (Å²) in [5.74, 6) is -1.24. The topological polar surface area (TPSA) is 80.9 Å². The molecule has 0 saturated heterocycles. The summed E-state index contributed by atoms with van der Waals surface area (Å²) in [5, 5.41) is 10.7. The Hall–Kier alpha value is -2.28. The van der Waals surface area contributed by atoms with Crippen molar-refractivity contribution in [2.24, 2.45) is 12.0 Å². The summed E-state index contributed by atoms with van der Waals surface area (Å²) in [7, 11) is 1.96. The van der Waals surface area contributed by atoms with Gasteiger partial charge in [0.25, 0.3) is 0 Å². The van der Waals surface area contributed by atoms with Crippen molar-refractivity contribution in [3.05, 3.63) is 39.3 Å². The maximum Gasteiger partial charge on any atom is 0.344 e. The van der Waals surface area contributed by atoms with Gasteiger partial charge < -0.3 is 14.4 Å². The Morgan fingerprint density at radius 3 is 2.56 bits per heavy atom. The number of aromatic nitrogens is 1. The van der Waals surface area contributed by atoms with Crippen LogP contribution in [0.3, 0.4) is 0 Å². The molecule has 7 heteroatoms. The number of aliphatic hydroxyl groups is 1. The van der Waals surface area contributed by atoms with Crippen molar-refractivity contribution in [1.29, 1.82) is 0 Å². The van der Waals surface area contributed by atoms with Gasteiger partial charge in [0.2, 0.25) is 5.91 Å². The Labute approximate surface area is 151 Å². The second-order valence-corrected chi connectivity index (χ2v) is 6.64. The lowest BCUT2D eigenvalue weighted by Crippen LogP contribution is -2.14. The number of aliphatic imine (C=N–C) groups is 1. The lowest BCUT2D eigenvalue weighted by Gasteiger charge is -2.02. The number of aliphatic hydroxyl groups excluding tert-OH is 1. The highest BCUT2D eigenvalue weighted by Crippen LogP contribution is 2.39. The van der Waals surface area contributed by atoms with Crippen LogP contribution in [0.15, 0.2) is 27.3 Å². The summed E-state index contributed by atoms with van der Waals surface area (Å²) >= 11 is 1.10. The van der Waals surface area contributed by atoms with E-state index in [1.807, 2.05) is 31.5 Å². The zero-order valence-corrected chi connectivity index (χ0v) is 15.9. The largest absolute Gasteiger partial charge is 0.506 e. The van der Waals surface area contributed by atoms with E-state index in [9.17, 15) is 14.7 Å². The fourth-order valence-electron chi connectivity index (χ4n) is 2.36. The number of aryl methyl sites for hydroxylation is 1. The number of rotatable bonds is 4. The van der Waals surface area contributed by atoms with Crippen LogP contribution >= 0.6 is 11.8 Å². The third kappa shape index (κ3) is 3.87. The second-order valence-electron chi connectivity index (χ2n) is 5.60. The first-order valence-corrected chi connectivity index (χ1v) is 8.86. The Morgan fingerprint density at radius 2 is 2.04 bits per heavy atom. The van der Waals surface area contributed by atoms with Crippen LogP contribution in [0.5, 0.6) is 0 Å². The Balaban J connectivity index is 2.52. The molecule has 1 aromatic heterocycles. The number of ether oxygens (including phenoxy) is 1. The van der Waals surface area contributed by atoms with E-state index in [-0.39, 0.29) is 35.3 Å². The molecule has 0 atom stereocenters. The van der Waals surface area contributed by atoms with Crippen LogP contribution in [0, 0.1) is 13.8 Å². The molecule has 2 rings (SSSR count). The van der Waals surface area contributed by atoms with E-state index >= 15 is 0 Å². The molecule has 0 saturated carbocycles. The third-order valence-corrected chi connectivity index (χ3v) is 5.02. The van der Waals surface area contributed by atoms with Crippen molar-refractivity contribution in [2.45, 2.75) is 34.1 Å². The molecule has 2 heterocycles. The molecule has 1 aliphatic rings. The smallest absolute Gasteiger partial charge is 0.344 e. The molecule has 6 nitrogen and oxygen atoms in total. The summed E-state index contributed by atoms with van der Waals surface area (Å²) in [5.41, 5.74) is 2.99. The Bertz CT molecular complexity index is 815. The quantitative estimate of drug-likeness (QED) is 0.830. The number of hydrogen-bond donors (Lipinski definition) is 1. The monoisotopic (exact) mass is 362 g/mol. The Kier molecular flexibility index (Phi) is 5.89. The number of esters is 1. The molecule has 1 N–H and O–H groups in total.